The third-order valence-corrected chi connectivity index (χ3v) is 1.95. The number of benzene rings is 1. The number of methoxy groups -OCH3 is 1. The van der Waals surface area contributed by atoms with Gasteiger partial charge in [-0.15, -0.1) is 0 Å². The molecule has 1 aromatic rings. The second-order valence-corrected chi connectivity index (χ2v) is 3.38. The first kappa shape index (κ1) is 11.5. The maximum atomic E-state index is 11.6. The molecule has 0 heterocycles. The van der Waals surface area contributed by atoms with Gasteiger partial charge in [0.25, 0.3) is 5.91 Å². The topological polar surface area (TPSA) is 64.3 Å². The molecule has 0 atom stereocenters. The highest BCUT2D eigenvalue weighted by Gasteiger charge is 2.05. The van der Waals surface area contributed by atoms with Crippen molar-refractivity contribution in [3.63, 3.8) is 0 Å². The third kappa shape index (κ3) is 3.59. The fraction of sp³-hybridized carbons (Fsp3) is 0.364. The quantitative estimate of drug-likeness (QED) is 0.572. The Balaban J connectivity index is 2.65. The minimum Gasteiger partial charge on any atom is -0.399 e. The molecule has 82 valence electrons. The van der Waals surface area contributed by atoms with Crippen LogP contribution in [-0.4, -0.2) is 26.2 Å². The monoisotopic (exact) mass is 208 g/mol. The van der Waals surface area contributed by atoms with Crippen LogP contribution in [-0.2, 0) is 4.74 Å². The number of hydrogen-bond acceptors (Lipinski definition) is 3. The summed E-state index contributed by atoms with van der Waals surface area (Å²) in [5.74, 6) is -0.123. The van der Waals surface area contributed by atoms with E-state index in [0.29, 0.717) is 24.4 Å². The Labute approximate surface area is 89.4 Å². The zero-order chi connectivity index (χ0) is 11.3. The fourth-order valence-electron chi connectivity index (χ4n) is 1.31. The van der Waals surface area contributed by atoms with Crippen LogP contribution >= 0.6 is 0 Å². The average molecular weight is 208 g/mol. The second-order valence-electron chi connectivity index (χ2n) is 3.38. The number of nitrogens with one attached hydrogen (secondary N) is 1. The second kappa shape index (κ2) is 5.36. The molecule has 0 saturated heterocycles. The minimum atomic E-state index is -0.123. The van der Waals surface area contributed by atoms with Crippen molar-refractivity contribution < 1.29 is 9.53 Å². The largest absolute Gasteiger partial charge is 0.399 e. The van der Waals surface area contributed by atoms with Crippen LogP contribution in [0.5, 0.6) is 0 Å². The van der Waals surface area contributed by atoms with Crippen molar-refractivity contribution in [2.45, 2.75) is 6.92 Å². The van der Waals surface area contributed by atoms with Gasteiger partial charge in [-0.2, -0.15) is 0 Å². The lowest BCUT2D eigenvalue weighted by Crippen LogP contribution is -2.27. The van der Waals surface area contributed by atoms with Gasteiger partial charge in [0.05, 0.1) is 6.61 Å². The summed E-state index contributed by atoms with van der Waals surface area (Å²) in [6.07, 6.45) is 0. The van der Waals surface area contributed by atoms with Crippen LogP contribution in [0.3, 0.4) is 0 Å². The number of ether oxygens (including phenoxy) is 1. The van der Waals surface area contributed by atoms with Gasteiger partial charge < -0.3 is 15.8 Å². The van der Waals surface area contributed by atoms with Gasteiger partial charge in [0.2, 0.25) is 0 Å². The predicted octanol–water partition coefficient (Wildman–Crippen LogP) is 0.953. The summed E-state index contributed by atoms with van der Waals surface area (Å²) in [6, 6.07) is 5.29. The van der Waals surface area contributed by atoms with Crippen LogP contribution in [0.15, 0.2) is 18.2 Å². The number of carbonyl (C=O) groups is 1. The molecule has 0 radical (unpaired) electrons. The highest BCUT2D eigenvalue weighted by atomic mass is 16.5. The SMILES string of the molecule is COCCNC(=O)c1cc(C)cc(N)c1. The molecule has 0 bridgehead atoms. The lowest BCUT2D eigenvalue weighted by Gasteiger charge is -2.06. The Morgan fingerprint density at radius 2 is 2.20 bits per heavy atom. The summed E-state index contributed by atoms with van der Waals surface area (Å²) in [4.78, 5) is 11.6. The van der Waals surface area contributed by atoms with Crippen LogP contribution < -0.4 is 11.1 Å². The number of amides is 1. The predicted molar refractivity (Wildman–Crippen MR) is 59.8 cm³/mol. The molecule has 4 nitrogen and oxygen atoms in total. The summed E-state index contributed by atoms with van der Waals surface area (Å²) in [6.45, 7) is 2.92. The highest BCUT2D eigenvalue weighted by Crippen LogP contribution is 2.10. The maximum absolute atomic E-state index is 11.6. The molecule has 15 heavy (non-hydrogen) atoms. The lowest BCUT2D eigenvalue weighted by atomic mass is 10.1. The number of aryl methyl sites for hydroxylation is 1. The molecule has 0 spiro atoms. The zero-order valence-electron chi connectivity index (χ0n) is 9.04. The highest BCUT2D eigenvalue weighted by molar-refractivity contribution is 5.95. The van der Waals surface area contributed by atoms with Crippen LogP contribution in [0.1, 0.15) is 15.9 Å². The molecule has 0 fully saturated rings. The Hall–Kier alpha value is -1.55. The van der Waals surface area contributed by atoms with Crippen LogP contribution in [0.4, 0.5) is 5.69 Å². The molecule has 1 amide bonds. The van der Waals surface area contributed by atoms with E-state index < -0.39 is 0 Å². The molecule has 0 unspecified atom stereocenters. The van der Waals surface area contributed by atoms with Crippen molar-refractivity contribution in [1.29, 1.82) is 0 Å². The van der Waals surface area contributed by atoms with E-state index in [1.54, 1.807) is 19.2 Å². The minimum absolute atomic E-state index is 0.123. The van der Waals surface area contributed by atoms with Gasteiger partial charge in [-0.1, -0.05) is 0 Å². The Kier molecular flexibility index (Phi) is 4.12. The number of anilines is 1. The molecular weight excluding hydrogens is 192 g/mol. The number of rotatable bonds is 4. The maximum Gasteiger partial charge on any atom is 0.251 e. The van der Waals surface area contributed by atoms with E-state index in [9.17, 15) is 4.79 Å². The van der Waals surface area contributed by atoms with Crippen LogP contribution in [0.25, 0.3) is 0 Å². The van der Waals surface area contributed by atoms with Crippen molar-refractivity contribution in [1.82, 2.24) is 5.32 Å². The molecule has 0 saturated carbocycles. The van der Waals surface area contributed by atoms with E-state index in [1.165, 1.54) is 0 Å². The molecule has 4 heteroatoms. The van der Waals surface area contributed by atoms with Gasteiger partial charge in [-0.3, -0.25) is 4.79 Å². The van der Waals surface area contributed by atoms with Crippen LogP contribution in [0, 0.1) is 6.92 Å². The number of hydrogen-bond donors (Lipinski definition) is 2. The van der Waals surface area contributed by atoms with Crippen molar-refractivity contribution in [2.24, 2.45) is 0 Å². The van der Waals surface area contributed by atoms with Gasteiger partial charge in [-0.25, -0.2) is 0 Å². The molecule has 0 aromatic heterocycles. The Morgan fingerprint density at radius 1 is 1.47 bits per heavy atom. The van der Waals surface area contributed by atoms with Gasteiger partial charge in [0, 0.05) is 24.9 Å². The number of nitrogen functional groups attached to an aromatic ring is 1. The fourth-order valence-corrected chi connectivity index (χ4v) is 1.31. The van der Waals surface area contributed by atoms with Gasteiger partial charge in [0.1, 0.15) is 0 Å². The van der Waals surface area contributed by atoms with Crippen molar-refractivity contribution in [2.75, 3.05) is 26.0 Å². The molecule has 0 aliphatic heterocycles. The number of nitrogens with two attached hydrogens (primary N) is 1. The number of carbonyl (C=O) groups excluding carboxylic acids is 1. The Morgan fingerprint density at radius 3 is 2.80 bits per heavy atom. The Bertz CT molecular complexity index is 330. The van der Waals surface area contributed by atoms with E-state index in [1.807, 2.05) is 13.0 Å². The molecule has 0 aliphatic carbocycles. The normalized spacial score (nSPS) is 10.0. The van der Waals surface area contributed by atoms with E-state index >= 15 is 0 Å². The van der Waals surface area contributed by atoms with E-state index in [2.05, 4.69) is 5.32 Å². The van der Waals surface area contributed by atoms with E-state index in [4.69, 9.17) is 10.5 Å². The standard InChI is InChI=1S/C11H16N2O2/c1-8-5-9(7-10(12)6-8)11(14)13-3-4-15-2/h5-7H,3-4,12H2,1-2H3,(H,13,14). The summed E-state index contributed by atoms with van der Waals surface area (Å²) in [5.41, 5.74) is 7.82. The summed E-state index contributed by atoms with van der Waals surface area (Å²) >= 11 is 0. The van der Waals surface area contributed by atoms with Crippen molar-refractivity contribution in [3.8, 4) is 0 Å². The van der Waals surface area contributed by atoms with Gasteiger partial charge >= 0.3 is 0 Å². The first-order valence-electron chi connectivity index (χ1n) is 4.78. The first-order valence-corrected chi connectivity index (χ1v) is 4.78. The van der Waals surface area contributed by atoms with Gasteiger partial charge in [0.15, 0.2) is 0 Å². The molecule has 0 aliphatic rings. The summed E-state index contributed by atoms with van der Waals surface area (Å²) in [7, 11) is 1.59. The summed E-state index contributed by atoms with van der Waals surface area (Å²) < 4.78 is 4.84. The van der Waals surface area contributed by atoms with E-state index in [-0.39, 0.29) is 5.91 Å². The van der Waals surface area contributed by atoms with Crippen molar-refractivity contribution in [3.05, 3.63) is 29.3 Å². The molecule has 1 rings (SSSR count). The average Bonchev–Trinajstić information content (AvgIpc) is 2.16. The summed E-state index contributed by atoms with van der Waals surface area (Å²) in [5, 5.41) is 2.73. The van der Waals surface area contributed by atoms with E-state index in [0.717, 1.165) is 5.56 Å². The smallest absolute Gasteiger partial charge is 0.251 e. The van der Waals surface area contributed by atoms with Gasteiger partial charge in [-0.05, 0) is 30.7 Å². The van der Waals surface area contributed by atoms with Crippen molar-refractivity contribution >= 4 is 11.6 Å². The third-order valence-electron chi connectivity index (χ3n) is 1.95. The zero-order valence-corrected chi connectivity index (χ0v) is 9.04. The molecule has 1 aromatic carbocycles. The first-order chi connectivity index (χ1) is 7.13. The molecule has 3 N–H and O–H groups in total. The molecular formula is C11H16N2O2. The lowest BCUT2D eigenvalue weighted by molar-refractivity contribution is 0.0937. The van der Waals surface area contributed by atoms with Crippen LogP contribution in [0.2, 0.25) is 0 Å².